The molecule has 3 rings (SSSR count). The molecule has 0 radical (unpaired) electrons. The van der Waals surface area contributed by atoms with Crippen LogP contribution in [0.4, 0.5) is 5.69 Å². The lowest BCUT2D eigenvalue weighted by molar-refractivity contribution is -0.140. The van der Waals surface area contributed by atoms with Crippen molar-refractivity contribution in [1.82, 2.24) is 10.2 Å². The number of benzene rings is 3. The molecule has 0 unspecified atom stereocenters. The molecule has 0 heterocycles. The van der Waals surface area contributed by atoms with Crippen LogP contribution in [0.1, 0.15) is 50.3 Å². The smallest absolute Gasteiger partial charge is 0.264 e. The van der Waals surface area contributed by atoms with Gasteiger partial charge in [-0.1, -0.05) is 66.9 Å². The average molecular weight is 649 g/mol. The van der Waals surface area contributed by atoms with Gasteiger partial charge >= 0.3 is 0 Å². The van der Waals surface area contributed by atoms with Crippen molar-refractivity contribution in [2.45, 2.75) is 71.0 Å². The first-order valence-corrected chi connectivity index (χ1v) is 16.3. The average Bonchev–Trinajstić information content (AvgIpc) is 2.96. The van der Waals surface area contributed by atoms with Gasteiger partial charge in [0.1, 0.15) is 18.3 Å². The Morgan fingerprint density at radius 1 is 0.930 bits per heavy atom. The van der Waals surface area contributed by atoms with E-state index in [4.69, 9.17) is 27.9 Å². The third kappa shape index (κ3) is 8.43. The number of nitrogens with one attached hydrogen (secondary N) is 1. The Hall–Kier alpha value is -3.27. The van der Waals surface area contributed by atoms with E-state index in [1.54, 1.807) is 55.5 Å². The van der Waals surface area contributed by atoms with E-state index >= 15 is 0 Å². The predicted octanol–water partition coefficient (Wildman–Crippen LogP) is 6.54. The first-order valence-electron chi connectivity index (χ1n) is 14.1. The second-order valence-electron chi connectivity index (χ2n) is 10.5. The number of halogens is 2. The number of sulfonamides is 1. The van der Waals surface area contributed by atoms with E-state index in [2.05, 4.69) is 5.32 Å². The third-order valence-electron chi connectivity index (χ3n) is 7.23. The number of ether oxygens (including phenoxy) is 1. The molecule has 0 fully saturated rings. The molecule has 0 aromatic heterocycles. The van der Waals surface area contributed by atoms with Crippen molar-refractivity contribution >= 4 is 50.7 Å². The van der Waals surface area contributed by atoms with Gasteiger partial charge in [-0.3, -0.25) is 13.9 Å². The first kappa shape index (κ1) is 34.2. The maximum absolute atomic E-state index is 14.3. The standard InChI is InChI=1S/C32H39Cl2N3O5S/c1-7-23(5)35-32(39)28(8-2)36(19-24-12-13-25(33)18-27(24)34)31(38)20-37(29-17-22(4)11-16-30(29)42-6)43(40,41)26-14-9-21(3)10-15-26/h9-18,23,28H,7-8,19-20H2,1-6H3,(H,35,39)/t23-,28-/m1/s1. The Labute approximate surface area is 265 Å². The number of carbonyl (C=O) groups excluding carboxylic acids is 2. The topological polar surface area (TPSA) is 96.0 Å². The Morgan fingerprint density at radius 3 is 2.16 bits per heavy atom. The van der Waals surface area contributed by atoms with Crippen LogP contribution in [-0.4, -0.2) is 50.9 Å². The molecule has 8 nitrogen and oxygen atoms in total. The summed E-state index contributed by atoms with van der Waals surface area (Å²) in [4.78, 5) is 29.2. The Morgan fingerprint density at radius 2 is 1.58 bits per heavy atom. The summed E-state index contributed by atoms with van der Waals surface area (Å²) in [6.45, 7) is 8.69. The van der Waals surface area contributed by atoms with Gasteiger partial charge in [0.05, 0.1) is 17.7 Å². The summed E-state index contributed by atoms with van der Waals surface area (Å²) >= 11 is 12.6. The maximum Gasteiger partial charge on any atom is 0.264 e. The van der Waals surface area contributed by atoms with Gasteiger partial charge in [-0.25, -0.2) is 8.42 Å². The highest BCUT2D eigenvalue weighted by atomic mass is 35.5. The number of carbonyl (C=O) groups is 2. The Balaban J connectivity index is 2.15. The highest BCUT2D eigenvalue weighted by Gasteiger charge is 2.35. The third-order valence-corrected chi connectivity index (χ3v) is 9.59. The molecule has 0 bridgehead atoms. The summed E-state index contributed by atoms with van der Waals surface area (Å²) in [5, 5.41) is 3.71. The fraction of sp³-hybridized carbons (Fsp3) is 0.375. The molecule has 0 aliphatic heterocycles. The van der Waals surface area contributed by atoms with Crippen molar-refractivity contribution in [2.75, 3.05) is 18.0 Å². The molecule has 0 aliphatic carbocycles. The zero-order valence-electron chi connectivity index (χ0n) is 25.4. The van der Waals surface area contributed by atoms with Gasteiger partial charge in [0.15, 0.2) is 0 Å². The second kappa shape index (κ2) is 14.9. The van der Waals surface area contributed by atoms with Gasteiger partial charge < -0.3 is 15.0 Å². The zero-order valence-corrected chi connectivity index (χ0v) is 27.7. The van der Waals surface area contributed by atoms with E-state index in [1.807, 2.05) is 27.7 Å². The molecular weight excluding hydrogens is 609 g/mol. The number of aryl methyl sites for hydroxylation is 2. The van der Waals surface area contributed by atoms with Crippen LogP contribution in [0.2, 0.25) is 10.0 Å². The lowest BCUT2D eigenvalue weighted by Gasteiger charge is -2.34. The molecule has 11 heteroatoms. The van der Waals surface area contributed by atoms with Crippen LogP contribution < -0.4 is 14.4 Å². The SMILES string of the molecule is CC[C@@H](C)NC(=O)[C@@H](CC)N(Cc1ccc(Cl)cc1Cl)C(=O)CN(c1cc(C)ccc1OC)S(=O)(=O)c1ccc(C)cc1. The van der Waals surface area contributed by atoms with E-state index in [-0.39, 0.29) is 41.2 Å². The highest BCUT2D eigenvalue weighted by molar-refractivity contribution is 7.92. The number of anilines is 1. The normalized spacial score (nSPS) is 12.7. The first-order chi connectivity index (χ1) is 20.3. The van der Waals surface area contributed by atoms with Crippen molar-refractivity contribution in [2.24, 2.45) is 0 Å². The van der Waals surface area contributed by atoms with Crippen molar-refractivity contribution < 1.29 is 22.7 Å². The molecule has 43 heavy (non-hydrogen) atoms. The van der Waals surface area contributed by atoms with Crippen molar-refractivity contribution in [3.05, 3.63) is 87.4 Å². The fourth-order valence-corrected chi connectivity index (χ4v) is 6.42. The molecule has 2 atom stereocenters. The number of hydrogen-bond donors (Lipinski definition) is 1. The largest absolute Gasteiger partial charge is 0.495 e. The van der Waals surface area contributed by atoms with Crippen LogP contribution in [0, 0.1) is 13.8 Å². The van der Waals surface area contributed by atoms with Crippen molar-refractivity contribution in [3.8, 4) is 5.75 Å². The van der Waals surface area contributed by atoms with E-state index < -0.39 is 28.5 Å². The van der Waals surface area contributed by atoms with Gasteiger partial charge in [-0.2, -0.15) is 0 Å². The maximum atomic E-state index is 14.3. The molecule has 0 spiro atoms. The number of nitrogens with zero attached hydrogens (tertiary/aromatic N) is 2. The van der Waals surface area contributed by atoms with E-state index in [1.165, 1.54) is 24.1 Å². The fourth-order valence-electron chi connectivity index (χ4n) is 4.54. The highest BCUT2D eigenvalue weighted by Crippen LogP contribution is 2.34. The molecule has 232 valence electrons. The van der Waals surface area contributed by atoms with E-state index in [0.717, 1.165) is 15.4 Å². The van der Waals surface area contributed by atoms with Crippen LogP contribution in [0.5, 0.6) is 5.75 Å². The second-order valence-corrected chi connectivity index (χ2v) is 13.2. The number of rotatable bonds is 13. The molecule has 3 aromatic carbocycles. The quantitative estimate of drug-likeness (QED) is 0.227. The van der Waals surface area contributed by atoms with Crippen molar-refractivity contribution in [1.29, 1.82) is 0 Å². The van der Waals surface area contributed by atoms with Crippen LogP contribution in [-0.2, 0) is 26.2 Å². The Bertz CT molecular complexity index is 1550. The minimum Gasteiger partial charge on any atom is -0.495 e. The zero-order chi connectivity index (χ0) is 31.9. The van der Waals surface area contributed by atoms with Crippen molar-refractivity contribution in [3.63, 3.8) is 0 Å². The molecule has 0 saturated carbocycles. The van der Waals surface area contributed by atoms with Gasteiger partial charge in [0.2, 0.25) is 11.8 Å². The predicted molar refractivity (Wildman–Crippen MR) is 172 cm³/mol. The molecule has 1 N–H and O–H groups in total. The molecule has 3 aromatic rings. The summed E-state index contributed by atoms with van der Waals surface area (Å²) in [6.07, 6.45) is 0.993. The number of methoxy groups -OCH3 is 1. The van der Waals surface area contributed by atoms with Crippen LogP contribution >= 0.6 is 23.2 Å². The van der Waals surface area contributed by atoms with Gasteiger partial charge in [0, 0.05) is 22.6 Å². The minimum atomic E-state index is -4.25. The Kier molecular flexibility index (Phi) is 11.9. The summed E-state index contributed by atoms with van der Waals surface area (Å²) in [6, 6.07) is 15.4. The summed E-state index contributed by atoms with van der Waals surface area (Å²) in [7, 11) is -2.81. The lowest BCUT2D eigenvalue weighted by atomic mass is 10.1. The summed E-state index contributed by atoms with van der Waals surface area (Å²) in [5.74, 6) is -0.643. The van der Waals surface area contributed by atoms with Crippen LogP contribution in [0.25, 0.3) is 0 Å². The summed E-state index contributed by atoms with van der Waals surface area (Å²) < 4.78 is 34.9. The molecule has 2 amide bonds. The minimum absolute atomic E-state index is 0.0170. The van der Waals surface area contributed by atoms with Gasteiger partial charge in [-0.05, 0) is 81.1 Å². The summed E-state index contributed by atoms with van der Waals surface area (Å²) in [5.41, 5.74) is 2.43. The van der Waals surface area contributed by atoms with Crippen LogP contribution in [0.15, 0.2) is 65.6 Å². The van der Waals surface area contributed by atoms with E-state index in [9.17, 15) is 18.0 Å². The monoisotopic (exact) mass is 647 g/mol. The molecule has 0 aliphatic rings. The van der Waals surface area contributed by atoms with E-state index in [0.29, 0.717) is 22.0 Å². The lowest BCUT2D eigenvalue weighted by Crippen LogP contribution is -2.53. The van der Waals surface area contributed by atoms with Gasteiger partial charge in [0.25, 0.3) is 10.0 Å². The van der Waals surface area contributed by atoms with Gasteiger partial charge in [-0.15, -0.1) is 0 Å². The molecular formula is C32H39Cl2N3O5S. The number of hydrogen-bond acceptors (Lipinski definition) is 5. The van der Waals surface area contributed by atoms with Crippen LogP contribution in [0.3, 0.4) is 0 Å². The number of amides is 2. The molecule has 0 saturated heterocycles.